The molecule has 1 saturated heterocycles. The minimum Gasteiger partial charge on any atom is -0.412 e. The number of benzene rings is 1. The number of hydrogen-bond acceptors (Lipinski definition) is 1. The quantitative estimate of drug-likeness (QED) is 0.626. The molecule has 0 spiro atoms. The van der Waals surface area contributed by atoms with Crippen LogP contribution < -0.4 is 0 Å². The summed E-state index contributed by atoms with van der Waals surface area (Å²) in [7, 11) is 0. The van der Waals surface area contributed by atoms with Crippen molar-refractivity contribution in [1.29, 1.82) is 0 Å². The summed E-state index contributed by atoms with van der Waals surface area (Å²) in [6, 6.07) is 10.4. The summed E-state index contributed by atoms with van der Waals surface area (Å²) in [6.45, 7) is 0.930. The van der Waals surface area contributed by atoms with Crippen LogP contribution in [-0.2, 0) is 4.74 Å². The molecule has 0 radical (unpaired) electrons. The monoisotopic (exact) mass is 166 g/mol. The third kappa shape index (κ3) is 1.84. The fraction of sp³-hybridized carbons (Fsp3) is 0.400. The molecule has 1 heterocycles. The normalized spacial score (nSPS) is 21.8. The first-order chi connectivity index (χ1) is 5.47. The lowest BCUT2D eigenvalue weighted by Crippen LogP contribution is -1.93. The molecule has 12 heavy (non-hydrogen) atoms. The molecular weight excluding hydrogens is 152 g/mol. The van der Waals surface area contributed by atoms with E-state index in [9.17, 15) is 0 Å². The average molecular weight is 166 g/mol. The van der Waals surface area contributed by atoms with Crippen LogP contribution in [0, 0.1) is 0 Å². The summed E-state index contributed by atoms with van der Waals surface area (Å²) in [5, 5.41) is 0. The van der Waals surface area contributed by atoms with Gasteiger partial charge in [0, 0.05) is 6.61 Å². The van der Waals surface area contributed by atoms with Crippen LogP contribution in [-0.4, -0.2) is 12.1 Å². The van der Waals surface area contributed by atoms with Gasteiger partial charge in [-0.05, 0) is 18.4 Å². The van der Waals surface area contributed by atoms with Gasteiger partial charge in [-0.2, -0.15) is 0 Å². The smallest absolute Gasteiger partial charge is 0.0825 e. The summed E-state index contributed by atoms with van der Waals surface area (Å²) < 4.78 is 5.54. The van der Waals surface area contributed by atoms with E-state index >= 15 is 0 Å². The molecule has 1 unspecified atom stereocenters. The van der Waals surface area contributed by atoms with Crippen LogP contribution in [0.4, 0.5) is 0 Å². The molecule has 0 bridgehead atoms. The lowest BCUT2D eigenvalue weighted by atomic mass is 10.1. The zero-order valence-corrected chi connectivity index (χ0v) is 6.99. The van der Waals surface area contributed by atoms with E-state index in [-0.39, 0.29) is 5.48 Å². The lowest BCUT2D eigenvalue weighted by Gasteiger charge is -2.07. The Balaban J connectivity index is 0.000000720. The molecule has 1 aliphatic heterocycles. The van der Waals surface area contributed by atoms with Crippen molar-refractivity contribution in [2.24, 2.45) is 0 Å². The van der Waals surface area contributed by atoms with Crippen LogP contribution in [0.25, 0.3) is 0 Å². The maximum atomic E-state index is 5.54. The molecule has 1 fully saturated rings. The van der Waals surface area contributed by atoms with E-state index in [1.807, 2.05) is 6.07 Å². The Morgan fingerprint density at radius 3 is 2.50 bits per heavy atom. The SMILES string of the molecule is O.c1ccc(C2CCCO2)cc1. The fourth-order valence-electron chi connectivity index (χ4n) is 1.51. The molecule has 2 nitrogen and oxygen atoms in total. The fourth-order valence-corrected chi connectivity index (χ4v) is 1.51. The second-order valence-corrected chi connectivity index (χ2v) is 2.91. The summed E-state index contributed by atoms with van der Waals surface area (Å²) in [5.41, 5.74) is 1.32. The van der Waals surface area contributed by atoms with Crippen LogP contribution >= 0.6 is 0 Å². The minimum absolute atomic E-state index is 0. The Kier molecular flexibility index (Phi) is 3.26. The largest absolute Gasteiger partial charge is 0.412 e. The molecule has 0 aliphatic carbocycles. The van der Waals surface area contributed by atoms with Crippen molar-refractivity contribution in [3.63, 3.8) is 0 Å². The predicted molar refractivity (Wildman–Crippen MR) is 48.0 cm³/mol. The Morgan fingerprint density at radius 2 is 1.92 bits per heavy atom. The van der Waals surface area contributed by atoms with E-state index in [4.69, 9.17) is 4.74 Å². The van der Waals surface area contributed by atoms with Gasteiger partial charge in [-0.15, -0.1) is 0 Å². The highest BCUT2D eigenvalue weighted by atomic mass is 16.5. The predicted octanol–water partition coefficient (Wildman–Crippen LogP) is 1.71. The van der Waals surface area contributed by atoms with Gasteiger partial charge in [0.15, 0.2) is 0 Å². The zero-order valence-electron chi connectivity index (χ0n) is 6.99. The van der Waals surface area contributed by atoms with E-state index in [2.05, 4.69) is 24.3 Å². The van der Waals surface area contributed by atoms with Gasteiger partial charge in [0.05, 0.1) is 6.10 Å². The summed E-state index contributed by atoms with van der Waals surface area (Å²) in [6.07, 6.45) is 2.76. The zero-order chi connectivity index (χ0) is 7.52. The van der Waals surface area contributed by atoms with E-state index < -0.39 is 0 Å². The molecule has 0 aromatic heterocycles. The highest BCUT2D eigenvalue weighted by Gasteiger charge is 2.16. The maximum absolute atomic E-state index is 5.54. The molecule has 1 aliphatic rings. The highest BCUT2D eigenvalue weighted by molar-refractivity contribution is 5.17. The first kappa shape index (κ1) is 9.23. The van der Waals surface area contributed by atoms with E-state index in [1.54, 1.807) is 0 Å². The standard InChI is InChI=1S/C10H12O.H2O/c1-2-5-9(6-3-1)10-7-4-8-11-10;/h1-3,5-6,10H,4,7-8H2;1H2. The molecule has 0 saturated carbocycles. The average Bonchev–Trinajstić information content (AvgIpc) is 2.58. The molecule has 1 aromatic rings. The maximum Gasteiger partial charge on any atom is 0.0825 e. The highest BCUT2D eigenvalue weighted by Crippen LogP contribution is 2.27. The van der Waals surface area contributed by atoms with Gasteiger partial charge in [0.1, 0.15) is 0 Å². The molecular formula is C10H14O2. The van der Waals surface area contributed by atoms with Crippen molar-refractivity contribution >= 4 is 0 Å². The molecule has 1 aromatic carbocycles. The van der Waals surface area contributed by atoms with E-state index in [0.29, 0.717) is 6.10 Å². The Labute approximate surface area is 72.5 Å². The topological polar surface area (TPSA) is 40.7 Å². The Bertz CT molecular complexity index is 215. The van der Waals surface area contributed by atoms with Gasteiger partial charge >= 0.3 is 0 Å². The number of hydrogen-bond donors (Lipinski definition) is 0. The van der Waals surface area contributed by atoms with Crippen molar-refractivity contribution in [3.05, 3.63) is 35.9 Å². The third-order valence-corrected chi connectivity index (χ3v) is 2.10. The molecule has 0 amide bonds. The van der Waals surface area contributed by atoms with Crippen molar-refractivity contribution in [1.82, 2.24) is 0 Å². The van der Waals surface area contributed by atoms with Crippen molar-refractivity contribution in [2.45, 2.75) is 18.9 Å². The van der Waals surface area contributed by atoms with Crippen LogP contribution in [0.2, 0.25) is 0 Å². The number of ether oxygens (including phenoxy) is 1. The number of rotatable bonds is 1. The van der Waals surface area contributed by atoms with Gasteiger partial charge < -0.3 is 10.2 Å². The van der Waals surface area contributed by atoms with E-state index in [0.717, 1.165) is 6.61 Å². The molecule has 2 rings (SSSR count). The van der Waals surface area contributed by atoms with Crippen molar-refractivity contribution in [3.8, 4) is 0 Å². The Hall–Kier alpha value is -0.860. The van der Waals surface area contributed by atoms with Crippen LogP contribution in [0.3, 0.4) is 0 Å². The van der Waals surface area contributed by atoms with Crippen LogP contribution in [0.1, 0.15) is 24.5 Å². The minimum atomic E-state index is 0. The first-order valence-corrected chi connectivity index (χ1v) is 4.13. The molecule has 2 N–H and O–H groups in total. The third-order valence-electron chi connectivity index (χ3n) is 2.10. The second-order valence-electron chi connectivity index (χ2n) is 2.91. The van der Waals surface area contributed by atoms with Gasteiger partial charge in [-0.3, -0.25) is 0 Å². The van der Waals surface area contributed by atoms with Gasteiger partial charge in [0.2, 0.25) is 0 Å². The second kappa shape index (κ2) is 4.24. The first-order valence-electron chi connectivity index (χ1n) is 4.13. The summed E-state index contributed by atoms with van der Waals surface area (Å²) in [5.74, 6) is 0. The van der Waals surface area contributed by atoms with Crippen molar-refractivity contribution in [2.75, 3.05) is 6.61 Å². The summed E-state index contributed by atoms with van der Waals surface area (Å²) >= 11 is 0. The van der Waals surface area contributed by atoms with Crippen LogP contribution in [0.5, 0.6) is 0 Å². The molecule has 1 atom stereocenters. The Morgan fingerprint density at radius 1 is 1.17 bits per heavy atom. The summed E-state index contributed by atoms with van der Waals surface area (Å²) in [4.78, 5) is 0. The van der Waals surface area contributed by atoms with Crippen LogP contribution in [0.15, 0.2) is 30.3 Å². The van der Waals surface area contributed by atoms with Gasteiger partial charge in [-0.25, -0.2) is 0 Å². The van der Waals surface area contributed by atoms with E-state index in [1.165, 1.54) is 18.4 Å². The molecule has 66 valence electrons. The van der Waals surface area contributed by atoms with Gasteiger partial charge in [-0.1, -0.05) is 30.3 Å². The van der Waals surface area contributed by atoms with Gasteiger partial charge in [0.25, 0.3) is 0 Å². The van der Waals surface area contributed by atoms with Crippen molar-refractivity contribution < 1.29 is 10.2 Å². The lowest BCUT2D eigenvalue weighted by molar-refractivity contribution is 0.112. The molecule has 2 heteroatoms.